The van der Waals surface area contributed by atoms with Crippen molar-refractivity contribution < 1.29 is 4.92 Å². The van der Waals surface area contributed by atoms with Crippen LogP contribution in [0, 0.1) is 10.1 Å². The van der Waals surface area contributed by atoms with E-state index in [1.165, 1.54) is 6.07 Å². The SMILES string of the molecule is NC(CCl)=Nc1cc(N2CCCC2)ccc1[N+](=O)[O-]. The van der Waals surface area contributed by atoms with E-state index in [2.05, 4.69) is 9.89 Å². The molecule has 0 atom stereocenters. The number of benzene rings is 1. The molecule has 1 saturated heterocycles. The summed E-state index contributed by atoms with van der Waals surface area (Å²) in [5, 5.41) is 11.0. The predicted octanol–water partition coefficient (Wildman–Crippen LogP) is 2.42. The normalized spacial score (nSPS) is 15.8. The first-order valence-corrected chi connectivity index (χ1v) is 6.57. The van der Waals surface area contributed by atoms with Gasteiger partial charge in [-0.25, -0.2) is 4.99 Å². The lowest BCUT2D eigenvalue weighted by Gasteiger charge is -2.17. The molecule has 0 aliphatic carbocycles. The molecule has 0 aromatic heterocycles. The van der Waals surface area contributed by atoms with E-state index in [9.17, 15) is 10.1 Å². The molecule has 0 radical (unpaired) electrons. The van der Waals surface area contributed by atoms with Gasteiger partial charge in [0.15, 0.2) is 0 Å². The minimum atomic E-state index is -0.464. The number of hydrogen-bond donors (Lipinski definition) is 1. The zero-order valence-electron chi connectivity index (χ0n) is 10.4. The quantitative estimate of drug-likeness (QED) is 0.302. The molecule has 0 bridgehead atoms. The number of halogens is 1. The van der Waals surface area contributed by atoms with E-state index in [-0.39, 0.29) is 23.1 Å². The summed E-state index contributed by atoms with van der Waals surface area (Å²) in [6, 6.07) is 4.91. The van der Waals surface area contributed by atoms with Gasteiger partial charge in [0, 0.05) is 24.8 Å². The second-order valence-electron chi connectivity index (χ2n) is 4.36. The number of rotatable bonds is 4. The standard InChI is InChI=1S/C12H15ClN4O2/c13-8-12(14)15-10-7-9(16-5-1-2-6-16)3-4-11(10)17(18)19/h3-4,7H,1-2,5-6,8H2,(H2,14,15). The Balaban J connectivity index is 2.40. The minimum absolute atomic E-state index is 0.0467. The Hall–Kier alpha value is -1.82. The number of amidine groups is 1. The Morgan fingerprint density at radius 1 is 1.47 bits per heavy atom. The van der Waals surface area contributed by atoms with E-state index in [4.69, 9.17) is 17.3 Å². The van der Waals surface area contributed by atoms with Gasteiger partial charge in [0.2, 0.25) is 0 Å². The largest absolute Gasteiger partial charge is 0.386 e. The van der Waals surface area contributed by atoms with Gasteiger partial charge in [-0.1, -0.05) is 0 Å². The average Bonchev–Trinajstić information content (AvgIpc) is 2.92. The summed E-state index contributed by atoms with van der Waals surface area (Å²) in [5.41, 5.74) is 6.69. The highest BCUT2D eigenvalue weighted by Crippen LogP contribution is 2.33. The van der Waals surface area contributed by atoms with Gasteiger partial charge in [-0.05, 0) is 25.0 Å². The van der Waals surface area contributed by atoms with Gasteiger partial charge < -0.3 is 10.6 Å². The Bertz CT molecular complexity index is 512. The predicted molar refractivity (Wildman–Crippen MR) is 76.5 cm³/mol. The number of nitrogens with zero attached hydrogens (tertiary/aromatic N) is 3. The average molecular weight is 283 g/mol. The maximum Gasteiger partial charge on any atom is 0.295 e. The van der Waals surface area contributed by atoms with Crippen molar-refractivity contribution in [3.8, 4) is 0 Å². The van der Waals surface area contributed by atoms with Crippen LogP contribution < -0.4 is 10.6 Å². The van der Waals surface area contributed by atoms with Crippen LogP contribution in [-0.4, -0.2) is 29.7 Å². The first kappa shape index (κ1) is 13.6. The molecule has 0 saturated carbocycles. The van der Waals surface area contributed by atoms with E-state index in [1.54, 1.807) is 12.1 Å². The number of anilines is 1. The van der Waals surface area contributed by atoms with E-state index in [0.717, 1.165) is 31.6 Å². The maximum absolute atomic E-state index is 11.0. The van der Waals surface area contributed by atoms with E-state index >= 15 is 0 Å². The fourth-order valence-corrected chi connectivity index (χ4v) is 2.17. The number of nitro groups is 1. The Labute approximate surface area is 116 Å². The molecule has 102 valence electrons. The molecule has 1 aliphatic heterocycles. The third-order valence-corrected chi connectivity index (χ3v) is 3.30. The number of nitrogens with two attached hydrogens (primary N) is 1. The summed E-state index contributed by atoms with van der Waals surface area (Å²) in [4.78, 5) is 16.7. The molecule has 0 spiro atoms. The van der Waals surface area contributed by atoms with Crippen molar-refractivity contribution in [2.24, 2.45) is 10.7 Å². The van der Waals surface area contributed by atoms with Gasteiger partial charge in [0.05, 0.1) is 10.8 Å². The molecule has 0 amide bonds. The Kier molecular flexibility index (Phi) is 4.21. The molecule has 1 fully saturated rings. The number of aliphatic imine (C=N–C) groups is 1. The lowest BCUT2D eigenvalue weighted by atomic mass is 10.2. The van der Waals surface area contributed by atoms with Crippen LogP contribution in [-0.2, 0) is 0 Å². The lowest BCUT2D eigenvalue weighted by Crippen LogP contribution is -2.17. The van der Waals surface area contributed by atoms with Crippen molar-refractivity contribution in [1.82, 2.24) is 0 Å². The van der Waals surface area contributed by atoms with Gasteiger partial charge in [0.1, 0.15) is 11.5 Å². The second-order valence-corrected chi connectivity index (χ2v) is 4.63. The fraction of sp³-hybridized carbons (Fsp3) is 0.417. The van der Waals surface area contributed by atoms with Crippen LogP contribution in [0.2, 0.25) is 0 Å². The smallest absolute Gasteiger partial charge is 0.295 e. The third kappa shape index (κ3) is 3.14. The van der Waals surface area contributed by atoms with Gasteiger partial charge >= 0.3 is 0 Å². The van der Waals surface area contributed by atoms with Crippen LogP contribution in [0.3, 0.4) is 0 Å². The third-order valence-electron chi connectivity index (χ3n) is 3.03. The Morgan fingerprint density at radius 3 is 2.74 bits per heavy atom. The van der Waals surface area contributed by atoms with Crippen molar-refractivity contribution in [2.45, 2.75) is 12.8 Å². The fourth-order valence-electron chi connectivity index (χ4n) is 2.11. The molecular weight excluding hydrogens is 268 g/mol. The zero-order valence-corrected chi connectivity index (χ0v) is 11.1. The molecule has 2 rings (SSSR count). The number of hydrogen-bond acceptors (Lipinski definition) is 4. The summed E-state index contributed by atoms with van der Waals surface area (Å²) in [6.07, 6.45) is 2.28. The van der Waals surface area contributed by atoms with Crippen LogP contribution in [0.1, 0.15) is 12.8 Å². The minimum Gasteiger partial charge on any atom is -0.386 e. The second kappa shape index (κ2) is 5.88. The molecular formula is C12H15ClN4O2. The monoisotopic (exact) mass is 282 g/mol. The maximum atomic E-state index is 11.0. The molecule has 1 aromatic rings. The lowest BCUT2D eigenvalue weighted by molar-refractivity contribution is -0.384. The molecule has 2 N–H and O–H groups in total. The van der Waals surface area contributed by atoms with E-state index in [1.807, 2.05) is 0 Å². The molecule has 19 heavy (non-hydrogen) atoms. The highest BCUT2D eigenvalue weighted by Gasteiger charge is 2.18. The zero-order chi connectivity index (χ0) is 13.8. The van der Waals surface area contributed by atoms with Gasteiger partial charge in [0.25, 0.3) is 5.69 Å². The van der Waals surface area contributed by atoms with Crippen molar-refractivity contribution >= 4 is 34.5 Å². The van der Waals surface area contributed by atoms with Crippen molar-refractivity contribution in [3.63, 3.8) is 0 Å². The summed E-state index contributed by atoms with van der Waals surface area (Å²) in [7, 11) is 0. The van der Waals surface area contributed by atoms with Gasteiger partial charge in [-0.3, -0.25) is 10.1 Å². The van der Waals surface area contributed by atoms with E-state index < -0.39 is 4.92 Å². The first-order chi connectivity index (χ1) is 9.11. The highest BCUT2D eigenvalue weighted by molar-refractivity contribution is 6.28. The van der Waals surface area contributed by atoms with Crippen molar-refractivity contribution in [2.75, 3.05) is 23.9 Å². The summed E-state index contributed by atoms with van der Waals surface area (Å²) in [6.45, 7) is 1.93. The van der Waals surface area contributed by atoms with Crippen LogP contribution in [0.4, 0.5) is 17.1 Å². The topological polar surface area (TPSA) is 84.8 Å². The molecule has 1 heterocycles. The van der Waals surface area contributed by atoms with Gasteiger partial charge in [-0.2, -0.15) is 0 Å². The first-order valence-electron chi connectivity index (χ1n) is 6.04. The van der Waals surface area contributed by atoms with Crippen LogP contribution in [0.15, 0.2) is 23.2 Å². The summed E-state index contributed by atoms with van der Waals surface area (Å²) in [5.74, 6) is 0.216. The van der Waals surface area contributed by atoms with E-state index in [0.29, 0.717) is 0 Å². The van der Waals surface area contributed by atoms with Crippen molar-refractivity contribution in [1.29, 1.82) is 0 Å². The molecule has 1 aromatic carbocycles. The molecule has 1 aliphatic rings. The van der Waals surface area contributed by atoms with Crippen LogP contribution in [0.25, 0.3) is 0 Å². The summed E-state index contributed by atoms with van der Waals surface area (Å²) >= 11 is 5.56. The molecule has 0 unspecified atom stereocenters. The highest BCUT2D eigenvalue weighted by atomic mass is 35.5. The number of alkyl halides is 1. The van der Waals surface area contributed by atoms with Gasteiger partial charge in [-0.15, -0.1) is 11.6 Å². The molecule has 7 heteroatoms. The Morgan fingerprint density at radius 2 is 2.16 bits per heavy atom. The summed E-state index contributed by atoms with van der Waals surface area (Å²) < 4.78 is 0. The van der Waals surface area contributed by atoms with Crippen LogP contribution in [0.5, 0.6) is 0 Å². The van der Waals surface area contributed by atoms with Crippen molar-refractivity contribution in [3.05, 3.63) is 28.3 Å². The number of nitro benzene ring substituents is 1. The molecule has 6 nitrogen and oxygen atoms in total. The van der Waals surface area contributed by atoms with Crippen LogP contribution >= 0.6 is 11.6 Å².